The van der Waals surface area contributed by atoms with Gasteiger partial charge in [0.05, 0.1) is 0 Å². The van der Waals surface area contributed by atoms with Gasteiger partial charge >= 0.3 is 0 Å². The molecule has 0 bridgehead atoms. The number of fused-ring (bicyclic) bond motifs is 1. The Balaban J connectivity index is 2.47. The van der Waals surface area contributed by atoms with Crippen molar-refractivity contribution < 1.29 is 9.21 Å². The number of rotatable bonds is 3. The highest BCUT2D eigenvalue weighted by Gasteiger charge is 2.29. The molecule has 0 atom stereocenters. The van der Waals surface area contributed by atoms with Crippen molar-refractivity contribution in [2.24, 2.45) is 5.41 Å². The molecule has 2 nitrogen and oxygen atoms in total. The molecule has 17 heavy (non-hydrogen) atoms. The fourth-order valence-electron chi connectivity index (χ4n) is 1.77. The summed E-state index contributed by atoms with van der Waals surface area (Å²) in [7, 11) is 0. The molecule has 0 fully saturated rings. The van der Waals surface area contributed by atoms with E-state index in [2.05, 4.69) is 0 Å². The lowest BCUT2D eigenvalue weighted by Gasteiger charge is -2.18. The summed E-state index contributed by atoms with van der Waals surface area (Å²) in [5.41, 5.74) is 1.60. The Bertz CT molecular complexity index is 561. The standard InChI is InChI=1S/C15H18O2/c1-5-15(3,4)14(16)13-9-11-8-10(2)6-7-12(11)17-13/h6-9H,5H2,1-4H3. The van der Waals surface area contributed by atoms with E-state index in [0.717, 1.165) is 17.4 Å². The van der Waals surface area contributed by atoms with Crippen LogP contribution in [0.5, 0.6) is 0 Å². The van der Waals surface area contributed by atoms with E-state index in [-0.39, 0.29) is 11.2 Å². The van der Waals surface area contributed by atoms with Crippen LogP contribution in [-0.2, 0) is 0 Å². The van der Waals surface area contributed by atoms with E-state index in [9.17, 15) is 4.79 Å². The van der Waals surface area contributed by atoms with Crippen molar-refractivity contribution in [2.45, 2.75) is 34.1 Å². The van der Waals surface area contributed by atoms with E-state index < -0.39 is 0 Å². The molecule has 1 heterocycles. The first-order valence-corrected chi connectivity index (χ1v) is 5.99. The number of ketones is 1. The summed E-state index contributed by atoms with van der Waals surface area (Å²) in [5, 5.41) is 1.00. The van der Waals surface area contributed by atoms with Gasteiger partial charge in [0.1, 0.15) is 5.58 Å². The monoisotopic (exact) mass is 230 g/mol. The van der Waals surface area contributed by atoms with Gasteiger partial charge in [-0.1, -0.05) is 32.4 Å². The Morgan fingerprint density at radius 1 is 1.29 bits per heavy atom. The zero-order valence-corrected chi connectivity index (χ0v) is 10.8. The van der Waals surface area contributed by atoms with E-state index in [1.54, 1.807) is 0 Å². The zero-order valence-electron chi connectivity index (χ0n) is 10.8. The lowest BCUT2D eigenvalue weighted by atomic mass is 9.84. The summed E-state index contributed by atoms with van der Waals surface area (Å²) in [4.78, 5) is 12.3. The van der Waals surface area contributed by atoms with Crippen LogP contribution in [0.1, 0.15) is 43.3 Å². The molecule has 0 aliphatic carbocycles. The number of benzene rings is 1. The fraction of sp³-hybridized carbons (Fsp3) is 0.400. The fourth-order valence-corrected chi connectivity index (χ4v) is 1.77. The van der Waals surface area contributed by atoms with Crippen LogP contribution in [0.15, 0.2) is 28.7 Å². The molecule has 0 aliphatic heterocycles. The molecule has 1 aromatic carbocycles. The average Bonchev–Trinajstić information content (AvgIpc) is 2.70. The van der Waals surface area contributed by atoms with Crippen LogP contribution in [0.25, 0.3) is 11.0 Å². The van der Waals surface area contributed by atoms with Gasteiger partial charge in [-0.05, 0) is 31.5 Å². The van der Waals surface area contributed by atoms with Crippen molar-refractivity contribution in [1.82, 2.24) is 0 Å². The number of hydrogen-bond donors (Lipinski definition) is 0. The Morgan fingerprint density at radius 3 is 2.65 bits per heavy atom. The third kappa shape index (κ3) is 2.12. The van der Waals surface area contributed by atoms with Gasteiger partial charge < -0.3 is 4.42 Å². The molecule has 2 heteroatoms. The van der Waals surface area contributed by atoms with Crippen LogP contribution in [0.4, 0.5) is 0 Å². The number of hydrogen-bond acceptors (Lipinski definition) is 2. The minimum absolute atomic E-state index is 0.0776. The smallest absolute Gasteiger partial charge is 0.203 e. The molecule has 2 rings (SSSR count). The normalized spacial score (nSPS) is 12.0. The van der Waals surface area contributed by atoms with Gasteiger partial charge in [-0.2, -0.15) is 0 Å². The highest BCUT2D eigenvalue weighted by atomic mass is 16.3. The molecular formula is C15H18O2. The first-order chi connectivity index (χ1) is 7.94. The molecule has 0 aliphatic rings. The van der Waals surface area contributed by atoms with E-state index in [0.29, 0.717) is 5.76 Å². The van der Waals surface area contributed by atoms with Crippen molar-refractivity contribution in [3.63, 3.8) is 0 Å². The highest BCUT2D eigenvalue weighted by Crippen LogP contribution is 2.29. The predicted octanol–water partition coefficient (Wildman–Crippen LogP) is 4.36. The minimum atomic E-state index is -0.358. The number of Topliss-reactive ketones (excluding diaryl/α,β-unsaturated/α-hetero) is 1. The molecule has 2 aromatic rings. The quantitative estimate of drug-likeness (QED) is 0.733. The van der Waals surface area contributed by atoms with E-state index in [1.165, 1.54) is 5.56 Å². The van der Waals surface area contributed by atoms with E-state index in [1.807, 2.05) is 52.0 Å². The maximum atomic E-state index is 12.3. The number of carbonyl (C=O) groups excluding carboxylic acids is 1. The van der Waals surface area contributed by atoms with Crippen LogP contribution < -0.4 is 0 Å². The van der Waals surface area contributed by atoms with Gasteiger partial charge in [0.25, 0.3) is 0 Å². The highest BCUT2D eigenvalue weighted by molar-refractivity contribution is 6.00. The van der Waals surface area contributed by atoms with Gasteiger partial charge in [0, 0.05) is 10.8 Å². The molecular weight excluding hydrogens is 212 g/mol. The summed E-state index contributed by atoms with van der Waals surface area (Å²) in [6.07, 6.45) is 0.807. The largest absolute Gasteiger partial charge is 0.453 e. The van der Waals surface area contributed by atoms with Gasteiger partial charge in [0.2, 0.25) is 5.78 Å². The maximum Gasteiger partial charge on any atom is 0.203 e. The first kappa shape index (κ1) is 11.9. The average molecular weight is 230 g/mol. The molecule has 0 unspecified atom stereocenters. The van der Waals surface area contributed by atoms with Crippen LogP contribution in [0, 0.1) is 12.3 Å². The lowest BCUT2D eigenvalue weighted by molar-refractivity contribution is 0.0805. The zero-order chi connectivity index (χ0) is 12.6. The molecule has 0 saturated carbocycles. The summed E-state index contributed by atoms with van der Waals surface area (Å²) in [6, 6.07) is 7.79. The van der Waals surface area contributed by atoms with Crippen LogP contribution in [0.3, 0.4) is 0 Å². The Hall–Kier alpha value is -1.57. The van der Waals surface area contributed by atoms with Gasteiger partial charge in [-0.3, -0.25) is 4.79 Å². The predicted molar refractivity (Wildman–Crippen MR) is 69.4 cm³/mol. The van der Waals surface area contributed by atoms with Crippen LogP contribution in [-0.4, -0.2) is 5.78 Å². The number of aryl methyl sites for hydroxylation is 1. The Morgan fingerprint density at radius 2 is 2.00 bits per heavy atom. The van der Waals surface area contributed by atoms with Crippen LogP contribution >= 0.6 is 0 Å². The molecule has 90 valence electrons. The number of carbonyl (C=O) groups is 1. The van der Waals surface area contributed by atoms with Gasteiger partial charge in [0.15, 0.2) is 5.76 Å². The maximum absolute atomic E-state index is 12.3. The molecule has 0 N–H and O–H groups in total. The second kappa shape index (κ2) is 4.02. The Kier molecular flexibility index (Phi) is 2.82. The molecule has 0 amide bonds. The van der Waals surface area contributed by atoms with Gasteiger partial charge in [-0.25, -0.2) is 0 Å². The summed E-state index contributed by atoms with van der Waals surface area (Å²) in [6.45, 7) is 7.95. The third-order valence-electron chi connectivity index (χ3n) is 3.39. The van der Waals surface area contributed by atoms with Gasteiger partial charge in [-0.15, -0.1) is 0 Å². The van der Waals surface area contributed by atoms with Crippen molar-refractivity contribution >= 4 is 16.8 Å². The second-order valence-electron chi connectivity index (χ2n) is 5.22. The molecule has 0 spiro atoms. The molecule has 0 saturated heterocycles. The summed E-state index contributed by atoms with van der Waals surface area (Å²) in [5.74, 6) is 0.548. The Labute approximate surface area is 102 Å². The molecule has 0 radical (unpaired) electrons. The summed E-state index contributed by atoms with van der Waals surface area (Å²) < 4.78 is 5.62. The van der Waals surface area contributed by atoms with Crippen LogP contribution in [0.2, 0.25) is 0 Å². The first-order valence-electron chi connectivity index (χ1n) is 5.99. The summed E-state index contributed by atoms with van der Waals surface area (Å²) >= 11 is 0. The third-order valence-corrected chi connectivity index (χ3v) is 3.39. The van der Waals surface area contributed by atoms with Crippen molar-refractivity contribution in [1.29, 1.82) is 0 Å². The van der Waals surface area contributed by atoms with Crippen molar-refractivity contribution in [3.05, 3.63) is 35.6 Å². The SMILES string of the molecule is CCC(C)(C)C(=O)c1cc2cc(C)ccc2o1. The van der Waals surface area contributed by atoms with Crippen molar-refractivity contribution in [3.8, 4) is 0 Å². The second-order valence-corrected chi connectivity index (χ2v) is 5.22. The lowest BCUT2D eigenvalue weighted by Crippen LogP contribution is -2.22. The topological polar surface area (TPSA) is 30.2 Å². The van der Waals surface area contributed by atoms with Crippen molar-refractivity contribution in [2.75, 3.05) is 0 Å². The van der Waals surface area contributed by atoms with E-state index in [4.69, 9.17) is 4.42 Å². The molecule has 1 aromatic heterocycles. The number of furan rings is 1. The van der Waals surface area contributed by atoms with E-state index >= 15 is 0 Å². The minimum Gasteiger partial charge on any atom is -0.453 e.